The van der Waals surface area contributed by atoms with E-state index in [1.807, 2.05) is 12.1 Å². The average molecular weight is 434 g/mol. The lowest BCUT2D eigenvalue weighted by molar-refractivity contribution is -0.127. The summed E-state index contributed by atoms with van der Waals surface area (Å²) in [5.74, 6) is 1.57. The monoisotopic (exact) mass is 433 g/mol. The maximum Gasteiger partial charge on any atom is 0.243 e. The number of carbonyl (C=O) groups excluding carboxylic acids is 1. The van der Waals surface area contributed by atoms with Gasteiger partial charge in [0.25, 0.3) is 0 Å². The van der Waals surface area contributed by atoms with Gasteiger partial charge in [0, 0.05) is 40.3 Å². The van der Waals surface area contributed by atoms with Crippen LogP contribution in [0.15, 0.2) is 29.3 Å². The van der Waals surface area contributed by atoms with E-state index in [2.05, 4.69) is 39.6 Å². The molecule has 2 rings (SSSR count). The molecule has 174 valence electrons. The summed E-state index contributed by atoms with van der Waals surface area (Å²) in [6.45, 7) is 9.16. The fraction of sp³-hybridized carbons (Fsp3) is 0.652. The Hall–Kier alpha value is -2.32. The molecule has 1 heterocycles. The Balaban J connectivity index is 1.80. The second kappa shape index (κ2) is 14.6. The molecule has 0 radical (unpaired) electrons. The van der Waals surface area contributed by atoms with Crippen LogP contribution in [-0.2, 0) is 16.0 Å². The number of rotatable bonds is 12. The van der Waals surface area contributed by atoms with E-state index in [9.17, 15) is 4.79 Å². The van der Waals surface area contributed by atoms with Crippen molar-refractivity contribution in [3.05, 3.63) is 29.8 Å². The van der Waals surface area contributed by atoms with Gasteiger partial charge in [-0.05, 0) is 43.5 Å². The van der Waals surface area contributed by atoms with Crippen molar-refractivity contribution in [3.8, 4) is 5.75 Å². The average Bonchev–Trinajstić information content (AvgIpc) is 2.79. The Bertz CT molecular complexity index is 675. The SMILES string of the molecule is CCCOc1cccc(CCNC(=NCC(=O)N(C)C)NCCCN2CCOCC2)c1. The molecule has 0 saturated carbocycles. The fourth-order valence-corrected chi connectivity index (χ4v) is 3.13. The van der Waals surface area contributed by atoms with Crippen LogP contribution in [0.1, 0.15) is 25.3 Å². The Morgan fingerprint density at radius 1 is 1.23 bits per heavy atom. The molecule has 1 amide bonds. The minimum Gasteiger partial charge on any atom is -0.494 e. The number of guanidine groups is 1. The van der Waals surface area contributed by atoms with Crippen molar-refractivity contribution in [1.82, 2.24) is 20.4 Å². The van der Waals surface area contributed by atoms with Gasteiger partial charge in [-0.3, -0.25) is 9.69 Å². The second-order valence-electron chi connectivity index (χ2n) is 7.86. The summed E-state index contributed by atoms with van der Waals surface area (Å²) in [6.07, 6.45) is 2.85. The van der Waals surface area contributed by atoms with Crippen molar-refractivity contribution >= 4 is 11.9 Å². The molecule has 0 aliphatic carbocycles. The quantitative estimate of drug-likeness (QED) is 0.294. The molecule has 0 atom stereocenters. The van der Waals surface area contributed by atoms with Crippen molar-refractivity contribution in [3.63, 3.8) is 0 Å². The van der Waals surface area contributed by atoms with E-state index in [4.69, 9.17) is 9.47 Å². The van der Waals surface area contributed by atoms with Crippen LogP contribution in [0, 0.1) is 0 Å². The highest BCUT2D eigenvalue weighted by atomic mass is 16.5. The molecule has 0 spiro atoms. The highest BCUT2D eigenvalue weighted by Crippen LogP contribution is 2.13. The first-order chi connectivity index (χ1) is 15.1. The number of hydrogen-bond acceptors (Lipinski definition) is 5. The van der Waals surface area contributed by atoms with E-state index < -0.39 is 0 Å². The largest absolute Gasteiger partial charge is 0.494 e. The standard InChI is InChI=1S/C23H39N5O3/c1-4-15-31-21-8-5-7-20(18-21)9-11-25-23(26-19-22(29)27(2)3)24-10-6-12-28-13-16-30-17-14-28/h5,7-8,18H,4,6,9-17,19H2,1-3H3,(H2,24,25,26). The zero-order valence-corrected chi connectivity index (χ0v) is 19.4. The van der Waals surface area contributed by atoms with E-state index >= 15 is 0 Å². The molecule has 0 unspecified atom stereocenters. The number of hydrogen-bond donors (Lipinski definition) is 2. The van der Waals surface area contributed by atoms with Gasteiger partial charge in [-0.1, -0.05) is 19.1 Å². The summed E-state index contributed by atoms with van der Waals surface area (Å²) < 4.78 is 11.1. The third kappa shape index (κ3) is 10.5. The molecule has 2 N–H and O–H groups in total. The first-order valence-electron chi connectivity index (χ1n) is 11.3. The van der Waals surface area contributed by atoms with Crippen molar-refractivity contribution in [2.24, 2.45) is 4.99 Å². The Labute approximate surface area is 187 Å². The predicted molar refractivity (Wildman–Crippen MR) is 125 cm³/mol. The highest BCUT2D eigenvalue weighted by molar-refractivity contribution is 5.84. The van der Waals surface area contributed by atoms with Crippen LogP contribution in [0.5, 0.6) is 5.75 Å². The van der Waals surface area contributed by atoms with Crippen molar-refractivity contribution < 1.29 is 14.3 Å². The van der Waals surface area contributed by atoms with E-state index in [-0.39, 0.29) is 12.5 Å². The van der Waals surface area contributed by atoms with Gasteiger partial charge >= 0.3 is 0 Å². The molecule has 0 bridgehead atoms. The summed E-state index contributed by atoms with van der Waals surface area (Å²) >= 11 is 0. The van der Waals surface area contributed by atoms with Gasteiger partial charge in [0.1, 0.15) is 12.3 Å². The first kappa shape index (κ1) is 24.9. The maximum absolute atomic E-state index is 11.9. The molecule has 1 aromatic carbocycles. The van der Waals surface area contributed by atoms with Crippen LogP contribution in [0.3, 0.4) is 0 Å². The number of benzene rings is 1. The number of nitrogens with one attached hydrogen (secondary N) is 2. The van der Waals surface area contributed by atoms with Crippen molar-refractivity contribution in [1.29, 1.82) is 0 Å². The van der Waals surface area contributed by atoms with Gasteiger partial charge in [-0.2, -0.15) is 0 Å². The number of aliphatic imine (C=N–C) groups is 1. The van der Waals surface area contributed by atoms with Gasteiger partial charge in [0.05, 0.1) is 19.8 Å². The molecule has 1 aromatic rings. The normalized spacial score (nSPS) is 14.9. The van der Waals surface area contributed by atoms with Crippen LogP contribution in [0.4, 0.5) is 0 Å². The summed E-state index contributed by atoms with van der Waals surface area (Å²) in [6, 6.07) is 8.19. The zero-order chi connectivity index (χ0) is 22.3. The Kier molecular flexibility index (Phi) is 11.8. The molecule has 31 heavy (non-hydrogen) atoms. The lowest BCUT2D eigenvalue weighted by Gasteiger charge is -2.26. The lowest BCUT2D eigenvalue weighted by atomic mass is 10.1. The zero-order valence-electron chi connectivity index (χ0n) is 19.4. The number of ether oxygens (including phenoxy) is 2. The Morgan fingerprint density at radius 3 is 2.74 bits per heavy atom. The lowest BCUT2D eigenvalue weighted by Crippen LogP contribution is -2.41. The molecule has 8 heteroatoms. The van der Waals surface area contributed by atoms with Gasteiger partial charge < -0.3 is 25.0 Å². The van der Waals surface area contributed by atoms with Gasteiger partial charge in [-0.25, -0.2) is 4.99 Å². The van der Waals surface area contributed by atoms with Crippen LogP contribution in [-0.4, -0.2) is 94.9 Å². The molecule has 8 nitrogen and oxygen atoms in total. The number of carbonyl (C=O) groups is 1. The molecule has 1 fully saturated rings. The van der Waals surface area contributed by atoms with Crippen molar-refractivity contribution in [2.45, 2.75) is 26.2 Å². The van der Waals surface area contributed by atoms with E-state index in [1.54, 1.807) is 19.0 Å². The first-order valence-corrected chi connectivity index (χ1v) is 11.3. The summed E-state index contributed by atoms with van der Waals surface area (Å²) in [4.78, 5) is 20.4. The minimum atomic E-state index is -0.0183. The summed E-state index contributed by atoms with van der Waals surface area (Å²) in [5.41, 5.74) is 1.21. The van der Waals surface area contributed by atoms with E-state index in [1.165, 1.54) is 5.56 Å². The topological polar surface area (TPSA) is 78.4 Å². The summed E-state index contributed by atoms with van der Waals surface area (Å²) in [7, 11) is 3.49. The van der Waals surface area contributed by atoms with Gasteiger partial charge in [0.2, 0.25) is 5.91 Å². The Morgan fingerprint density at radius 2 is 2.00 bits per heavy atom. The molecule has 1 saturated heterocycles. The van der Waals surface area contributed by atoms with E-state index in [0.717, 1.165) is 77.6 Å². The summed E-state index contributed by atoms with van der Waals surface area (Å²) in [5, 5.41) is 6.72. The number of amides is 1. The van der Waals surface area contributed by atoms with Crippen LogP contribution in [0.2, 0.25) is 0 Å². The number of likely N-dealkylation sites (N-methyl/N-ethyl adjacent to an activating group) is 1. The molecule has 0 aromatic heterocycles. The molecule has 1 aliphatic rings. The number of nitrogens with zero attached hydrogens (tertiary/aromatic N) is 3. The van der Waals surface area contributed by atoms with E-state index in [0.29, 0.717) is 5.96 Å². The van der Waals surface area contributed by atoms with Crippen LogP contribution >= 0.6 is 0 Å². The fourth-order valence-electron chi connectivity index (χ4n) is 3.13. The van der Waals surface area contributed by atoms with Crippen LogP contribution < -0.4 is 15.4 Å². The number of morpholine rings is 1. The van der Waals surface area contributed by atoms with Gasteiger partial charge in [0.15, 0.2) is 5.96 Å². The van der Waals surface area contributed by atoms with Crippen molar-refractivity contribution in [2.75, 3.05) is 73.2 Å². The third-order valence-corrected chi connectivity index (χ3v) is 5.00. The van der Waals surface area contributed by atoms with Gasteiger partial charge in [-0.15, -0.1) is 0 Å². The maximum atomic E-state index is 11.9. The molecular weight excluding hydrogens is 394 g/mol. The molecular formula is C23H39N5O3. The van der Waals surface area contributed by atoms with Crippen LogP contribution in [0.25, 0.3) is 0 Å². The highest BCUT2D eigenvalue weighted by Gasteiger charge is 2.10. The minimum absolute atomic E-state index is 0.0183. The smallest absolute Gasteiger partial charge is 0.243 e. The molecule has 1 aliphatic heterocycles. The second-order valence-corrected chi connectivity index (χ2v) is 7.86. The third-order valence-electron chi connectivity index (χ3n) is 5.00. The predicted octanol–water partition coefficient (Wildman–Crippen LogP) is 1.36.